The molecule has 1 heterocycles. The fourth-order valence-corrected chi connectivity index (χ4v) is 2.08. The number of benzene rings is 1. The summed E-state index contributed by atoms with van der Waals surface area (Å²) in [6.07, 6.45) is 5.42. The van der Waals surface area contributed by atoms with Crippen molar-refractivity contribution < 1.29 is 4.74 Å². The summed E-state index contributed by atoms with van der Waals surface area (Å²) in [6, 6.07) is 8.57. The van der Waals surface area contributed by atoms with Gasteiger partial charge in [0, 0.05) is 18.4 Å². The minimum Gasteiger partial charge on any atom is -0.424 e. The van der Waals surface area contributed by atoms with E-state index in [9.17, 15) is 0 Å². The largest absolute Gasteiger partial charge is 0.424 e. The van der Waals surface area contributed by atoms with E-state index in [0.29, 0.717) is 11.9 Å². The molecule has 0 amide bonds. The Balaban J connectivity index is 2.01. The van der Waals surface area contributed by atoms with Gasteiger partial charge in [-0.1, -0.05) is 26.0 Å². The van der Waals surface area contributed by atoms with Gasteiger partial charge in [0.2, 0.25) is 0 Å². The summed E-state index contributed by atoms with van der Waals surface area (Å²) in [7, 11) is 0. The average molecular weight is 285 g/mol. The van der Waals surface area contributed by atoms with Crippen LogP contribution < -0.4 is 10.5 Å². The normalized spacial score (nSPS) is 13.7. The van der Waals surface area contributed by atoms with E-state index >= 15 is 0 Å². The van der Waals surface area contributed by atoms with E-state index < -0.39 is 0 Å². The first-order chi connectivity index (χ1) is 10.1. The zero-order valence-electron chi connectivity index (χ0n) is 12.9. The monoisotopic (exact) mass is 285 g/mol. The Morgan fingerprint density at radius 3 is 2.24 bits per heavy atom. The molecule has 0 bridgehead atoms. The quantitative estimate of drug-likeness (QED) is 0.879. The molecular formula is C17H23N3O. The molecule has 1 aromatic heterocycles. The molecule has 0 spiro atoms. The number of nitrogens with zero attached hydrogens (tertiary/aromatic N) is 2. The van der Waals surface area contributed by atoms with Crippen molar-refractivity contribution in [1.29, 1.82) is 0 Å². The van der Waals surface area contributed by atoms with E-state index in [1.165, 1.54) is 5.56 Å². The summed E-state index contributed by atoms with van der Waals surface area (Å²) in [4.78, 5) is 8.42. The molecule has 2 N–H and O–H groups in total. The second-order valence-corrected chi connectivity index (χ2v) is 5.54. The molecule has 0 fully saturated rings. The zero-order valence-corrected chi connectivity index (χ0v) is 12.9. The van der Waals surface area contributed by atoms with Gasteiger partial charge in [-0.3, -0.25) is 0 Å². The van der Waals surface area contributed by atoms with Crippen LogP contribution in [0.4, 0.5) is 0 Å². The number of rotatable bonds is 6. The zero-order chi connectivity index (χ0) is 15.2. The lowest BCUT2D eigenvalue weighted by Crippen LogP contribution is -2.17. The third-order valence-corrected chi connectivity index (χ3v) is 3.51. The van der Waals surface area contributed by atoms with Gasteiger partial charge in [-0.05, 0) is 48.9 Å². The van der Waals surface area contributed by atoms with Crippen molar-refractivity contribution in [1.82, 2.24) is 9.97 Å². The van der Waals surface area contributed by atoms with Crippen molar-refractivity contribution >= 4 is 0 Å². The molecule has 4 nitrogen and oxygen atoms in total. The summed E-state index contributed by atoms with van der Waals surface area (Å²) in [5, 5.41) is 0. The summed E-state index contributed by atoms with van der Waals surface area (Å²) >= 11 is 0. The van der Waals surface area contributed by atoms with Gasteiger partial charge in [-0.2, -0.15) is 0 Å². The first-order valence-electron chi connectivity index (χ1n) is 7.42. The molecule has 0 radical (unpaired) electrons. The van der Waals surface area contributed by atoms with Gasteiger partial charge in [-0.15, -0.1) is 0 Å². The van der Waals surface area contributed by atoms with Crippen LogP contribution in [0.25, 0.3) is 0 Å². The van der Waals surface area contributed by atoms with Crippen LogP contribution in [0.1, 0.15) is 44.2 Å². The number of hydrogen-bond donors (Lipinski definition) is 1. The molecule has 4 heteroatoms. The topological polar surface area (TPSA) is 61.0 Å². The molecule has 112 valence electrons. The van der Waals surface area contributed by atoms with Gasteiger partial charge >= 0.3 is 6.01 Å². The maximum absolute atomic E-state index is 5.75. The molecule has 2 aromatic rings. The molecule has 21 heavy (non-hydrogen) atoms. The van der Waals surface area contributed by atoms with Crippen LogP contribution in [0, 0.1) is 0 Å². The highest BCUT2D eigenvalue weighted by Gasteiger charge is 2.05. The molecule has 0 saturated carbocycles. The smallest absolute Gasteiger partial charge is 0.321 e. The van der Waals surface area contributed by atoms with Crippen molar-refractivity contribution in [2.75, 3.05) is 0 Å². The molecule has 2 unspecified atom stereocenters. The SMILES string of the molecule is CCC(C)c1ccc(Oc2ncc(CC(C)N)cn2)cc1. The van der Waals surface area contributed by atoms with E-state index in [4.69, 9.17) is 10.5 Å². The highest BCUT2D eigenvalue weighted by molar-refractivity contribution is 5.30. The first-order valence-corrected chi connectivity index (χ1v) is 7.42. The molecule has 0 aliphatic carbocycles. The number of aromatic nitrogens is 2. The van der Waals surface area contributed by atoms with Gasteiger partial charge in [-0.25, -0.2) is 9.97 Å². The fourth-order valence-electron chi connectivity index (χ4n) is 2.08. The average Bonchev–Trinajstić information content (AvgIpc) is 2.49. The fraction of sp³-hybridized carbons (Fsp3) is 0.412. The lowest BCUT2D eigenvalue weighted by Gasteiger charge is -2.10. The minimum atomic E-state index is 0.105. The number of ether oxygens (including phenoxy) is 1. The third kappa shape index (κ3) is 4.53. The van der Waals surface area contributed by atoms with Gasteiger partial charge in [0.05, 0.1) is 0 Å². The minimum absolute atomic E-state index is 0.105. The first kappa shape index (κ1) is 15.4. The molecule has 0 saturated heterocycles. The van der Waals surface area contributed by atoms with Crippen molar-refractivity contribution in [3.8, 4) is 11.8 Å². The lowest BCUT2D eigenvalue weighted by atomic mass is 9.99. The van der Waals surface area contributed by atoms with Crippen LogP contribution in [0.5, 0.6) is 11.8 Å². The van der Waals surface area contributed by atoms with Crippen molar-refractivity contribution in [2.45, 2.75) is 45.6 Å². The Labute approximate surface area is 126 Å². The van der Waals surface area contributed by atoms with Crippen LogP contribution in [-0.2, 0) is 6.42 Å². The van der Waals surface area contributed by atoms with Crippen LogP contribution >= 0.6 is 0 Å². The number of nitrogens with two attached hydrogens (primary N) is 1. The highest BCUT2D eigenvalue weighted by Crippen LogP contribution is 2.23. The maximum Gasteiger partial charge on any atom is 0.321 e. The Hall–Kier alpha value is -1.94. The summed E-state index contributed by atoms with van der Waals surface area (Å²) in [5.74, 6) is 1.31. The van der Waals surface area contributed by atoms with E-state index in [1.54, 1.807) is 12.4 Å². The number of hydrogen-bond acceptors (Lipinski definition) is 4. The van der Waals surface area contributed by atoms with Crippen molar-refractivity contribution in [2.24, 2.45) is 5.73 Å². The van der Waals surface area contributed by atoms with E-state index in [0.717, 1.165) is 24.2 Å². The van der Waals surface area contributed by atoms with Crippen LogP contribution in [0.3, 0.4) is 0 Å². The van der Waals surface area contributed by atoms with Gasteiger partial charge in [0.25, 0.3) is 0 Å². The predicted molar refractivity (Wildman–Crippen MR) is 84.6 cm³/mol. The van der Waals surface area contributed by atoms with Crippen LogP contribution in [0.15, 0.2) is 36.7 Å². The van der Waals surface area contributed by atoms with E-state index in [-0.39, 0.29) is 6.04 Å². The molecular weight excluding hydrogens is 262 g/mol. The van der Waals surface area contributed by atoms with Gasteiger partial charge in [0.15, 0.2) is 0 Å². The summed E-state index contributed by atoms with van der Waals surface area (Å²) in [6.45, 7) is 6.37. The summed E-state index contributed by atoms with van der Waals surface area (Å²) < 4.78 is 5.65. The Morgan fingerprint density at radius 2 is 1.71 bits per heavy atom. The molecule has 1 aromatic carbocycles. The summed E-state index contributed by atoms with van der Waals surface area (Å²) in [5.41, 5.74) is 8.08. The molecule has 2 rings (SSSR count). The predicted octanol–water partition coefficient (Wildman–Crippen LogP) is 3.67. The second kappa shape index (κ2) is 7.18. The van der Waals surface area contributed by atoms with Crippen molar-refractivity contribution in [3.05, 3.63) is 47.8 Å². The second-order valence-electron chi connectivity index (χ2n) is 5.54. The van der Waals surface area contributed by atoms with E-state index in [1.807, 2.05) is 19.1 Å². The molecule has 2 atom stereocenters. The standard InChI is InChI=1S/C17H23N3O/c1-4-12(2)15-5-7-16(8-6-15)21-17-19-10-14(11-20-17)9-13(3)18/h5-8,10-13H,4,9,18H2,1-3H3. The Kier molecular flexibility index (Phi) is 5.28. The van der Waals surface area contributed by atoms with Crippen molar-refractivity contribution in [3.63, 3.8) is 0 Å². The van der Waals surface area contributed by atoms with Gasteiger partial charge in [0.1, 0.15) is 5.75 Å². The van der Waals surface area contributed by atoms with E-state index in [2.05, 4.69) is 35.9 Å². The molecule has 0 aliphatic rings. The lowest BCUT2D eigenvalue weighted by molar-refractivity contribution is 0.440. The maximum atomic E-state index is 5.75. The Bertz CT molecular complexity index is 549. The third-order valence-electron chi connectivity index (χ3n) is 3.51. The van der Waals surface area contributed by atoms with Gasteiger partial charge < -0.3 is 10.5 Å². The van der Waals surface area contributed by atoms with Crippen LogP contribution in [0.2, 0.25) is 0 Å². The molecule has 0 aliphatic heterocycles. The van der Waals surface area contributed by atoms with Crippen LogP contribution in [-0.4, -0.2) is 16.0 Å². The highest BCUT2D eigenvalue weighted by atomic mass is 16.5. The Morgan fingerprint density at radius 1 is 1.10 bits per heavy atom.